The molecule has 1 aromatic rings. The van der Waals surface area contributed by atoms with Gasteiger partial charge in [-0.15, -0.1) is 0 Å². The maximum Gasteiger partial charge on any atom is 0.320 e. The first-order valence-corrected chi connectivity index (χ1v) is 6.41. The molecule has 6 heteroatoms. The van der Waals surface area contributed by atoms with E-state index in [1.54, 1.807) is 0 Å². The summed E-state index contributed by atoms with van der Waals surface area (Å²) in [6.07, 6.45) is 0.254. The van der Waals surface area contributed by atoms with Crippen LogP contribution in [0, 0.1) is 0 Å². The number of hydrogen-bond acceptors (Lipinski definition) is 4. The average Bonchev–Trinajstić information content (AvgIpc) is 2.38. The molecule has 20 heavy (non-hydrogen) atoms. The zero-order valence-electron chi connectivity index (χ0n) is 11.8. The summed E-state index contributed by atoms with van der Waals surface area (Å²) in [5.41, 5.74) is 7.10. The van der Waals surface area contributed by atoms with Crippen molar-refractivity contribution in [2.24, 2.45) is 5.73 Å². The van der Waals surface area contributed by atoms with Crippen molar-refractivity contribution >= 4 is 17.6 Å². The lowest BCUT2D eigenvalue weighted by atomic mass is 10.1. The van der Waals surface area contributed by atoms with E-state index in [4.69, 9.17) is 10.8 Å². The van der Waals surface area contributed by atoms with Crippen LogP contribution < -0.4 is 16.0 Å². The number of carbonyl (C=O) groups excluding carboxylic acids is 1. The molecule has 110 valence electrons. The van der Waals surface area contributed by atoms with E-state index >= 15 is 0 Å². The Morgan fingerprint density at radius 1 is 1.30 bits per heavy atom. The van der Waals surface area contributed by atoms with E-state index in [-0.39, 0.29) is 12.8 Å². The van der Waals surface area contributed by atoms with Crippen molar-refractivity contribution in [3.63, 3.8) is 0 Å². The molecule has 0 saturated heterocycles. The zero-order valence-corrected chi connectivity index (χ0v) is 11.8. The third-order valence-electron chi connectivity index (χ3n) is 2.98. The van der Waals surface area contributed by atoms with Crippen LogP contribution in [0.2, 0.25) is 0 Å². The Hall–Kier alpha value is -2.08. The number of amides is 1. The number of hydrogen-bond donors (Lipinski definition) is 3. The van der Waals surface area contributed by atoms with E-state index in [2.05, 4.69) is 5.32 Å². The van der Waals surface area contributed by atoms with Crippen LogP contribution in [0.15, 0.2) is 24.3 Å². The highest BCUT2D eigenvalue weighted by molar-refractivity contribution is 5.77. The molecular weight excluding hydrogens is 258 g/mol. The van der Waals surface area contributed by atoms with Crippen LogP contribution >= 0.6 is 0 Å². The second-order valence-electron chi connectivity index (χ2n) is 4.84. The summed E-state index contributed by atoms with van der Waals surface area (Å²) in [6, 6.07) is 7.05. The number of rotatable bonds is 8. The summed E-state index contributed by atoms with van der Waals surface area (Å²) in [6.45, 7) is 0.434. The third kappa shape index (κ3) is 5.27. The van der Waals surface area contributed by atoms with Gasteiger partial charge in [0.05, 0.1) is 0 Å². The van der Waals surface area contributed by atoms with Gasteiger partial charge >= 0.3 is 5.97 Å². The van der Waals surface area contributed by atoms with Crippen LogP contribution in [0.25, 0.3) is 0 Å². The van der Waals surface area contributed by atoms with Gasteiger partial charge in [0.25, 0.3) is 0 Å². The number of nitrogens with one attached hydrogen (secondary N) is 1. The first-order valence-electron chi connectivity index (χ1n) is 6.41. The maximum absolute atomic E-state index is 11.1. The van der Waals surface area contributed by atoms with Crippen molar-refractivity contribution in [2.45, 2.75) is 25.4 Å². The molecule has 1 aromatic carbocycles. The second-order valence-corrected chi connectivity index (χ2v) is 4.84. The molecule has 1 rings (SSSR count). The van der Waals surface area contributed by atoms with Gasteiger partial charge in [0, 0.05) is 32.7 Å². The van der Waals surface area contributed by atoms with Crippen LogP contribution in [0.3, 0.4) is 0 Å². The number of primary amides is 1. The number of aliphatic carboxylic acids is 1. The molecule has 1 unspecified atom stereocenters. The van der Waals surface area contributed by atoms with Crippen molar-refractivity contribution in [2.75, 3.05) is 19.0 Å². The molecule has 0 bridgehead atoms. The zero-order chi connectivity index (χ0) is 15.1. The molecule has 0 spiro atoms. The highest BCUT2D eigenvalue weighted by Crippen LogP contribution is 2.12. The molecule has 0 aromatic heterocycles. The number of benzene rings is 1. The lowest BCUT2D eigenvalue weighted by Gasteiger charge is -2.15. The highest BCUT2D eigenvalue weighted by Gasteiger charge is 2.17. The molecule has 6 nitrogen and oxygen atoms in total. The Kier molecular flexibility index (Phi) is 5.99. The van der Waals surface area contributed by atoms with E-state index in [9.17, 15) is 9.59 Å². The van der Waals surface area contributed by atoms with Crippen molar-refractivity contribution in [3.05, 3.63) is 29.8 Å². The SMILES string of the molecule is CN(C)c1ccc(CNC(CCC(N)=O)C(=O)O)cc1. The first-order chi connectivity index (χ1) is 9.40. The Morgan fingerprint density at radius 3 is 2.35 bits per heavy atom. The first kappa shape index (κ1) is 16.0. The summed E-state index contributed by atoms with van der Waals surface area (Å²) < 4.78 is 0. The van der Waals surface area contributed by atoms with Crippen molar-refractivity contribution in [1.29, 1.82) is 0 Å². The Labute approximate surface area is 118 Å². The van der Waals surface area contributed by atoms with E-state index in [1.165, 1.54) is 0 Å². The largest absolute Gasteiger partial charge is 0.480 e. The summed E-state index contributed by atoms with van der Waals surface area (Å²) in [5.74, 6) is -1.47. The molecule has 0 aliphatic heterocycles. The quantitative estimate of drug-likeness (QED) is 0.646. The maximum atomic E-state index is 11.1. The molecule has 0 radical (unpaired) electrons. The highest BCUT2D eigenvalue weighted by atomic mass is 16.4. The van der Waals surface area contributed by atoms with Crippen molar-refractivity contribution in [3.8, 4) is 0 Å². The van der Waals surface area contributed by atoms with Crippen LogP contribution in [-0.2, 0) is 16.1 Å². The van der Waals surface area contributed by atoms with E-state index in [1.807, 2.05) is 43.3 Å². The van der Waals surface area contributed by atoms with E-state index in [0.29, 0.717) is 6.54 Å². The van der Waals surface area contributed by atoms with Gasteiger partial charge in [-0.2, -0.15) is 0 Å². The fourth-order valence-electron chi connectivity index (χ4n) is 1.75. The molecule has 0 fully saturated rings. The predicted molar refractivity (Wildman–Crippen MR) is 77.5 cm³/mol. The minimum atomic E-state index is -0.976. The molecule has 0 aliphatic rings. The Bertz CT molecular complexity index is 457. The number of anilines is 1. The van der Waals surface area contributed by atoms with Gasteiger partial charge in [-0.1, -0.05) is 12.1 Å². The van der Waals surface area contributed by atoms with Gasteiger partial charge in [0.15, 0.2) is 0 Å². The summed E-state index contributed by atoms with van der Waals surface area (Å²) in [7, 11) is 3.91. The molecule has 0 heterocycles. The van der Waals surface area contributed by atoms with Gasteiger partial charge in [0.1, 0.15) is 6.04 Å². The van der Waals surface area contributed by atoms with Gasteiger partial charge in [-0.3, -0.25) is 9.59 Å². The number of carboxylic acids is 1. The fraction of sp³-hybridized carbons (Fsp3) is 0.429. The minimum Gasteiger partial charge on any atom is -0.480 e. The number of nitrogens with zero attached hydrogens (tertiary/aromatic N) is 1. The molecule has 0 saturated carbocycles. The smallest absolute Gasteiger partial charge is 0.320 e. The minimum absolute atomic E-state index is 0.0591. The molecule has 1 amide bonds. The van der Waals surface area contributed by atoms with Gasteiger partial charge in [-0.05, 0) is 24.1 Å². The Morgan fingerprint density at radius 2 is 1.90 bits per heavy atom. The van der Waals surface area contributed by atoms with Gasteiger partial charge in [0.2, 0.25) is 5.91 Å². The van der Waals surface area contributed by atoms with Crippen LogP contribution in [0.5, 0.6) is 0 Å². The van der Waals surface area contributed by atoms with Gasteiger partial charge < -0.3 is 21.1 Å². The predicted octanol–water partition coefficient (Wildman–Crippen LogP) is 0.561. The molecular formula is C14H21N3O3. The third-order valence-corrected chi connectivity index (χ3v) is 2.98. The molecule has 0 aliphatic carbocycles. The lowest BCUT2D eigenvalue weighted by Crippen LogP contribution is -2.37. The second kappa shape index (κ2) is 7.49. The average molecular weight is 279 g/mol. The van der Waals surface area contributed by atoms with E-state index in [0.717, 1.165) is 11.3 Å². The molecule has 1 atom stereocenters. The number of carbonyl (C=O) groups is 2. The van der Waals surface area contributed by atoms with Crippen LogP contribution in [0.1, 0.15) is 18.4 Å². The monoisotopic (exact) mass is 279 g/mol. The summed E-state index contributed by atoms with van der Waals surface area (Å²) in [5, 5.41) is 12.0. The Balaban J connectivity index is 2.54. The van der Waals surface area contributed by atoms with Crippen molar-refractivity contribution in [1.82, 2.24) is 5.32 Å². The van der Waals surface area contributed by atoms with Crippen LogP contribution in [0.4, 0.5) is 5.69 Å². The topological polar surface area (TPSA) is 95.7 Å². The lowest BCUT2D eigenvalue weighted by molar-refractivity contribution is -0.139. The normalized spacial score (nSPS) is 11.9. The van der Waals surface area contributed by atoms with Gasteiger partial charge in [-0.25, -0.2) is 0 Å². The van der Waals surface area contributed by atoms with E-state index < -0.39 is 17.9 Å². The van der Waals surface area contributed by atoms with Crippen LogP contribution in [-0.4, -0.2) is 37.1 Å². The fourth-order valence-corrected chi connectivity index (χ4v) is 1.75. The summed E-state index contributed by atoms with van der Waals surface area (Å²) >= 11 is 0. The number of nitrogens with two attached hydrogens (primary N) is 1. The molecule has 4 N–H and O–H groups in total. The van der Waals surface area contributed by atoms with Crippen molar-refractivity contribution < 1.29 is 14.7 Å². The summed E-state index contributed by atoms with van der Waals surface area (Å²) in [4.78, 5) is 23.7. The standard InChI is InChI=1S/C14H21N3O3/c1-17(2)11-5-3-10(4-6-11)9-16-12(14(19)20)7-8-13(15)18/h3-6,12,16H,7-9H2,1-2H3,(H2,15,18)(H,19,20). The number of carboxylic acid groups (broad SMARTS) is 1.